The quantitative estimate of drug-likeness (QED) is 0.505. The van der Waals surface area contributed by atoms with Gasteiger partial charge in [-0.1, -0.05) is 30.3 Å². The first-order chi connectivity index (χ1) is 7.85. The molecule has 1 N–H and O–H groups in total. The molecule has 0 bridgehead atoms. The third kappa shape index (κ3) is 3.05. The van der Waals surface area contributed by atoms with Crippen LogP contribution < -0.4 is 0 Å². The van der Waals surface area contributed by atoms with Gasteiger partial charge in [-0.3, -0.25) is 4.79 Å². The molecular formula is C11H8F4O2. The van der Waals surface area contributed by atoms with Crippen LogP contribution in [0.3, 0.4) is 0 Å². The van der Waals surface area contributed by atoms with Crippen LogP contribution in [0.25, 0.3) is 5.76 Å². The Morgan fingerprint density at radius 1 is 1.24 bits per heavy atom. The minimum atomic E-state index is -4.79. The highest BCUT2D eigenvalue weighted by Gasteiger charge is 2.47. The first kappa shape index (κ1) is 13.2. The lowest BCUT2D eigenvalue weighted by Crippen LogP contribution is -2.35. The Morgan fingerprint density at radius 3 is 2.24 bits per heavy atom. The van der Waals surface area contributed by atoms with E-state index >= 15 is 0 Å². The fourth-order valence-corrected chi connectivity index (χ4v) is 1.02. The largest absolute Gasteiger partial charge is 0.507 e. The van der Waals surface area contributed by atoms with Gasteiger partial charge in [-0.05, 0) is 0 Å². The number of benzene rings is 1. The molecule has 0 aromatic heterocycles. The molecule has 2 nitrogen and oxygen atoms in total. The van der Waals surface area contributed by atoms with E-state index in [4.69, 9.17) is 0 Å². The minimum absolute atomic E-state index is 0.0888. The highest BCUT2D eigenvalue weighted by Crippen LogP contribution is 2.25. The van der Waals surface area contributed by atoms with Crippen LogP contribution in [-0.4, -0.2) is 23.2 Å². The summed E-state index contributed by atoms with van der Waals surface area (Å²) in [6.07, 6.45) is -4.00. The molecular weight excluding hydrogens is 240 g/mol. The Bertz CT molecular complexity index is 426. The number of carbonyl (C=O) groups excluding carboxylic acids is 1. The fourth-order valence-electron chi connectivity index (χ4n) is 1.02. The molecule has 17 heavy (non-hydrogen) atoms. The Kier molecular flexibility index (Phi) is 3.88. The maximum absolute atomic E-state index is 12.6. The minimum Gasteiger partial charge on any atom is -0.507 e. The number of rotatable bonds is 4. The molecule has 0 saturated heterocycles. The van der Waals surface area contributed by atoms with E-state index in [0.29, 0.717) is 0 Å². The smallest absolute Gasteiger partial charge is 0.368 e. The van der Waals surface area contributed by atoms with Gasteiger partial charge in [-0.2, -0.15) is 8.78 Å². The SMILES string of the molecule is O=C(/C=C(/O)c1ccccc1)C(F)(F)C(F)F. The monoisotopic (exact) mass is 248 g/mol. The first-order valence-electron chi connectivity index (χ1n) is 4.52. The normalized spacial score (nSPS) is 12.9. The number of alkyl halides is 4. The molecule has 0 spiro atoms. The van der Waals surface area contributed by atoms with Crippen LogP contribution in [-0.2, 0) is 4.79 Å². The lowest BCUT2D eigenvalue weighted by Gasteiger charge is -2.11. The van der Waals surface area contributed by atoms with E-state index < -0.39 is 23.9 Å². The van der Waals surface area contributed by atoms with E-state index in [2.05, 4.69) is 0 Å². The number of aliphatic hydroxyl groups excluding tert-OH is 1. The van der Waals surface area contributed by atoms with Gasteiger partial charge >= 0.3 is 12.3 Å². The van der Waals surface area contributed by atoms with Crippen molar-refractivity contribution >= 4 is 11.5 Å². The lowest BCUT2D eigenvalue weighted by atomic mass is 10.1. The number of aliphatic hydroxyl groups is 1. The summed E-state index contributed by atoms with van der Waals surface area (Å²) in [5, 5.41) is 9.30. The number of ketones is 1. The summed E-state index contributed by atoms with van der Waals surface area (Å²) in [7, 11) is 0. The van der Waals surface area contributed by atoms with Gasteiger partial charge in [0.1, 0.15) is 5.76 Å². The molecule has 0 aliphatic carbocycles. The van der Waals surface area contributed by atoms with Crippen molar-refractivity contribution < 1.29 is 27.5 Å². The molecule has 0 aliphatic heterocycles. The molecule has 0 unspecified atom stereocenters. The average molecular weight is 248 g/mol. The maximum atomic E-state index is 12.6. The van der Waals surface area contributed by atoms with Crippen LogP contribution in [0.5, 0.6) is 0 Å². The molecule has 0 radical (unpaired) electrons. The topological polar surface area (TPSA) is 37.3 Å². The molecule has 0 atom stereocenters. The van der Waals surface area contributed by atoms with Crippen molar-refractivity contribution in [2.45, 2.75) is 12.3 Å². The number of hydrogen-bond acceptors (Lipinski definition) is 2. The second-order valence-electron chi connectivity index (χ2n) is 3.18. The molecule has 92 valence electrons. The van der Waals surface area contributed by atoms with Crippen LogP contribution in [0, 0.1) is 0 Å². The molecule has 1 aromatic carbocycles. The zero-order valence-electron chi connectivity index (χ0n) is 8.41. The van der Waals surface area contributed by atoms with Crippen LogP contribution in [0.2, 0.25) is 0 Å². The van der Waals surface area contributed by atoms with Crippen molar-refractivity contribution in [2.75, 3.05) is 0 Å². The van der Waals surface area contributed by atoms with E-state index in [1.54, 1.807) is 6.07 Å². The molecule has 0 saturated carbocycles. The highest BCUT2D eigenvalue weighted by molar-refractivity contribution is 6.00. The Hall–Kier alpha value is -1.85. The van der Waals surface area contributed by atoms with Gasteiger partial charge in [0.25, 0.3) is 0 Å². The molecule has 0 fully saturated rings. The van der Waals surface area contributed by atoms with Gasteiger partial charge in [-0.25, -0.2) is 8.78 Å². The molecule has 0 heterocycles. The standard InChI is InChI=1S/C11H8F4O2/c12-10(13)11(14,15)9(17)6-8(16)7-4-2-1-3-5-7/h1-6,10,16H/b8-6+. The highest BCUT2D eigenvalue weighted by atomic mass is 19.3. The number of hydrogen-bond donors (Lipinski definition) is 1. The van der Waals surface area contributed by atoms with Crippen molar-refractivity contribution in [2.24, 2.45) is 0 Å². The summed E-state index contributed by atoms with van der Waals surface area (Å²) in [5.74, 6) is -7.70. The van der Waals surface area contributed by atoms with Gasteiger partial charge in [0.15, 0.2) is 0 Å². The van der Waals surface area contributed by atoms with Crippen LogP contribution in [0.15, 0.2) is 36.4 Å². The van der Waals surface area contributed by atoms with Crippen molar-refractivity contribution in [3.8, 4) is 0 Å². The van der Waals surface area contributed by atoms with E-state index in [0.717, 1.165) is 0 Å². The van der Waals surface area contributed by atoms with E-state index in [1.165, 1.54) is 24.3 Å². The summed E-state index contributed by atoms with van der Waals surface area (Å²) < 4.78 is 48.8. The molecule has 0 aliphatic rings. The summed E-state index contributed by atoms with van der Waals surface area (Å²) in [4.78, 5) is 10.8. The summed E-state index contributed by atoms with van der Waals surface area (Å²) in [6.45, 7) is 0. The van der Waals surface area contributed by atoms with Crippen molar-refractivity contribution in [3.63, 3.8) is 0 Å². The Labute approximate surface area is 94.2 Å². The molecule has 0 amide bonds. The maximum Gasteiger partial charge on any atom is 0.368 e. The number of halogens is 4. The van der Waals surface area contributed by atoms with Crippen molar-refractivity contribution in [3.05, 3.63) is 42.0 Å². The van der Waals surface area contributed by atoms with Gasteiger partial charge in [0.05, 0.1) is 0 Å². The van der Waals surface area contributed by atoms with Crippen LogP contribution in [0.4, 0.5) is 17.6 Å². The molecule has 6 heteroatoms. The second-order valence-corrected chi connectivity index (χ2v) is 3.18. The summed E-state index contributed by atoms with van der Waals surface area (Å²) in [6, 6.07) is 7.29. The van der Waals surface area contributed by atoms with Gasteiger partial charge in [0, 0.05) is 11.6 Å². The third-order valence-corrected chi connectivity index (χ3v) is 1.94. The molecule has 1 rings (SSSR count). The fraction of sp³-hybridized carbons (Fsp3) is 0.182. The summed E-state index contributed by atoms with van der Waals surface area (Å²) in [5.41, 5.74) is 0.0888. The third-order valence-electron chi connectivity index (χ3n) is 1.94. The predicted molar refractivity (Wildman–Crippen MR) is 53.0 cm³/mol. The van der Waals surface area contributed by atoms with Gasteiger partial charge < -0.3 is 5.11 Å². The second kappa shape index (κ2) is 4.99. The van der Waals surface area contributed by atoms with E-state index in [-0.39, 0.29) is 11.6 Å². The number of allylic oxidation sites excluding steroid dienone is 1. The van der Waals surface area contributed by atoms with Gasteiger partial charge in [-0.15, -0.1) is 0 Å². The number of carbonyl (C=O) groups is 1. The van der Waals surface area contributed by atoms with Crippen molar-refractivity contribution in [1.29, 1.82) is 0 Å². The van der Waals surface area contributed by atoms with Crippen LogP contribution in [0.1, 0.15) is 5.56 Å². The Morgan fingerprint density at radius 2 is 1.76 bits per heavy atom. The Balaban J connectivity index is 2.94. The lowest BCUT2D eigenvalue weighted by molar-refractivity contribution is -0.161. The van der Waals surface area contributed by atoms with Crippen molar-refractivity contribution in [1.82, 2.24) is 0 Å². The first-order valence-corrected chi connectivity index (χ1v) is 4.52. The van der Waals surface area contributed by atoms with E-state index in [9.17, 15) is 27.5 Å². The zero-order chi connectivity index (χ0) is 13.1. The average Bonchev–Trinajstić information content (AvgIpc) is 2.29. The molecule has 1 aromatic rings. The van der Waals surface area contributed by atoms with E-state index in [1.807, 2.05) is 0 Å². The van der Waals surface area contributed by atoms with Gasteiger partial charge in [0.2, 0.25) is 5.78 Å². The summed E-state index contributed by atoms with van der Waals surface area (Å²) >= 11 is 0. The zero-order valence-corrected chi connectivity index (χ0v) is 8.41. The van der Waals surface area contributed by atoms with Crippen LogP contribution >= 0.6 is 0 Å². The predicted octanol–water partition coefficient (Wildman–Crippen LogP) is 3.06.